The van der Waals surface area contributed by atoms with E-state index in [9.17, 15) is 9.90 Å². The highest BCUT2D eigenvalue weighted by Crippen LogP contribution is 2.45. The molecule has 2 aliphatic carbocycles. The van der Waals surface area contributed by atoms with E-state index >= 15 is 0 Å². The molecule has 0 aromatic carbocycles. The van der Waals surface area contributed by atoms with Gasteiger partial charge in [0.25, 0.3) is 0 Å². The van der Waals surface area contributed by atoms with Crippen LogP contribution in [0.1, 0.15) is 66.2 Å². The Kier molecular flexibility index (Phi) is 4.97. The molecule has 0 heterocycles. The first kappa shape index (κ1) is 18.1. The van der Waals surface area contributed by atoms with Crippen LogP contribution in [0.25, 0.3) is 0 Å². The second-order valence-corrected chi connectivity index (χ2v) is 13.9. The van der Waals surface area contributed by atoms with Gasteiger partial charge in [0.2, 0.25) is 0 Å². The number of ketones is 1. The van der Waals surface area contributed by atoms with Crippen molar-refractivity contribution in [1.29, 1.82) is 0 Å². The van der Waals surface area contributed by atoms with E-state index in [0.29, 0.717) is 12.3 Å². The Morgan fingerprint density at radius 3 is 2.45 bits per heavy atom. The molecule has 2 rings (SSSR count). The molecule has 0 aliphatic heterocycles. The van der Waals surface area contributed by atoms with Crippen LogP contribution < -0.4 is 0 Å². The molecule has 0 radical (unpaired) electrons. The lowest BCUT2D eigenvalue weighted by molar-refractivity contribution is -0.153. The molecule has 0 unspecified atom stereocenters. The molecule has 2 fully saturated rings. The van der Waals surface area contributed by atoms with Gasteiger partial charge in [-0.1, -0.05) is 40.5 Å². The monoisotopic (exact) mass is 326 g/mol. The number of hydrogen-bond donors (Lipinski definition) is 1. The number of aliphatic hydroxyl groups is 1. The van der Waals surface area contributed by atoms with Crippen molar-refractivity contribution >= 4 is 14.1 Å². The van der Waals surface area contributed by atoms with Crippen molar-refractivity contribution in [2.75, 3.05) is 0 Å². The normalized spacial score (nSPS) is 37.6. The fourth-order valence-corrected chi connectivity index (χ4v) is 5.10. The third kappa shape index (κ3) is 3.34. The average molecular weight is 327 g/mol. The van der Waals surface area contributed by atoms with Crippen LogP contribution in [0.2, 0.25) is 18.1 Å². The van der Waals surface area contributed by atoms with Crippen LogP contribution in [0.4, 0.5) is 0 Å². The molecule has 0 amide bonds. The number of fused-ring (bicyclic) bond motifs is 1. The molecule has 128 valence electrons. The zero-order valence-electron chi connectivity index (χ0n) is 15.2. The summed E-state index contributed by atoms with van der Waals surface area (Å²) in [4.78, 5) is 13.1. The summed E-state index contributed by atoms with van der Waals surface area (Å²) in [6, 6.07) is 0. The van der Waals surface area contributed by atoms with Crippen LogP contribution >= 0.6 is 0 Å². The number of carbonyl (C=O) groups is 1. The Labute approximate surface area is 137 Å². The van der Waals surface area contributed by atoms with Crippen molar-refractivity contribution < 1.29 is 14.3 Å². The van der Waals surface area contributed by atoms with Crippen LogP contribution in [-0.2, 0) is 9.22 Å². The van der Waals surface area contributed by atoms with Gasteiger partial charge in [-0.15, -0.1) is 0 Å². The van der Waals surface area contributed by atoms with Gasteiger partial charge in [0.15, 0.2) is 14.1 Å². The second kappa shape index (κ2) is 6.03. The molecule has 0 saturated heterocycles. The smallest absolute Gasteiger partial charge is 0.193 e. The Bertz CT molecular complexity index is 427. The highest BCUT2D eigenvalue weighted by atomic mass is 28.4. The molecular formula is C18H34O3Si. The quantitative estimate of drug-likeness (QED) is 0.770. The SMILES string of the molecule is C[C@@H]1C[C@H]2CCCC[C@]2(O)C(=O)[C@H](O[Si](C)(C)C(C)(C)C)C1. The Balaban J connectivity index is 2.26. The maximum absolute atomic E-state index is 13.1. The molecule has 1 N–H and O–H groups in total. The van der Waals surface area contributed by atoms with E-state index in [1.165, 1.54) is 0 Å². The molecule has 2 aliphatic rings. The van der Waals surface area contributed by atoms with Gasteiger partial charge in [-0.3, -0.25) is 4.79 Å². The fourth-order valence-electron chi connectivity index (χ4n) is 3.83. The highest BCUT2D eigenvalue weighted by Gasteiger charge is 2.52. The maximum atomic E-state index is 13.1. The van der Waals surface area contributed by atoms with Crippen LogP contribution in [-0.4, -0.2) is 30.9 Å². The molecule has 4 atom stereocenters. The molecule has 0 bridgehead atoms. The topological polar surface area (TPSA) is 46.5 Å². The van der Waals surface area contributed by atoms with Crippen LogP contribution in [0, 0.1) is 11.8 Å². The lowest BCUT2D eigenvalue weighted by Crippen LogP contribution is -2.54. The third-order valence-corrected chi connectivity index (χ3v) is 10.8. The van der Waals surface area contributed by atoms with Gasteiger partial charge in [0, 0.05) is 0 Å². The molecule has 4 heteroatoms. The van der Waals surface area contributed by atoms with Crippen molar-refractivity contribution in [2.24, 2.45) is 11.8 Å². The van der Waals surface area contributed by atoms with Crippen molar-refractivity contribution in [3.05, 3.63) is 0 Å². The number of rotatable bonds is 2. The van der Waals surface area contributed by atoms with Gasteiger partial charge in [-0.05, 0) is 55.7 Å². The van der Waals surface area contributed by atoms with E-state index in [2.05, 4.69) is 40.8 Å². The zero-order chi connectivity index (χ0) is 16.8. The summed E-state index contributed by atoms with van der Waals surface area (Å²) in [6.07, 6.45) is 5.02. The third-order valence-electron chi connectivity index (χ3n) is 6.30. The van der Waals surface area contributed by atoms with E-state index in [4.69, 9.17) is 4.43 Å². The Morgan fingerprint density at radius 1 is 1.23 bits per heavy atom. The molecule has 0 aromatic rings. The van der Waals surface area contributed by atoms with Crippen molar-refractivity contribution in [3.63, 3.8) is 0 Å². The Morgan fingerprint density at radius 2 is 1.86 bits per heavy atom. The van der Waals surface area contributed by atoms with Gasteiger partial charge >= 0.3 is 0 Å². The number of carbonyl (C=O) groups excluding carboxylic acids is 1. The zero-order valence-corrected chi connectivity index (χ0v) is 16.2. The van der Waals surface area contributed by atoms with Gasteiger partial charge in [0.1, 0.15) is 11.7 Å². The summed E-state index contributed by atoms with van der Waals surface area (Å²) in [5.74, 6) is 0.555. The molecular weight excluding hydrogens is 292 g/mol. The number of hydrogen-bond acceptors (Lipinski definition) is 3. The van der Waals surface area contributed by atoms with Crippen LogP contribution in [0.3, 0.4) is 0 Å². The molecule has 22 heavy (non-hydrogen) atoms. The first-order chi connectivity index (χ1) is 9.97. The minimum atomic E-state index is -2.01. The molecule has 0 spiro atoms. The second-order valence-electron chi connectivity index (χ2n) is 9.17. The van der Waals surface area contributed by atoms with E-state index in [0.717, 1.165) is 32.1 Å². The van der Waals surface area contributed by atoms with Gasteiger partial charge in [-0.25, -0.2) is 0 Å². The minimum Gasteiger partial charge on any atom is -0.407 e. The van der Waals surface area contributed by atoms with Crippen LogP contribution in [0.15, 0.2) is 0 Å². The highest BCUT2D eigenvalue weighted by molar-refractivity contribution is 6.74. The van der Waals surface area contributed by atoms with E-state index < -0.39 is 20.0 Å². The summed E-state index contributed by atoms with van der Waals surface area (Å²) in [6.45, 7) is 13.2. The number of Topliss-reactive ketones (excluding diaryl/α,β-unsaturated/α-hetero) is 1. The van der Waals surface area contributed by atoms with Crippen molar-refractivity contribution in [1.82, 2.24) is 0 Å². The predicted octanol–water partition coefficient (Wildman–Crippen LogP) is 4.30. The standard InChI is InChI=1S/C18H34O3Si/c1-13-11-14-9-7-8-10-18(14,20)16(19)15(12-13)21-22(5,6)17(2,3)4/h13-15,20H,7-12H2,1-6H3/t13-,14-,15-,18-/m1/s1. The first-order valence-electron chi connectivity index (χ1n) is 8.92. The largest absolute Gasteiger partial charge is 0.407 e. The summed E-state index contributed by atoms with van der Waals surface area (Å²) < 4.78 is 6.45. The predicted molar refractivity (Wildman–Crippen MR) is 92.4 cm³/mol. The van der Waals surface area contributed by atoms with Gasteiger partial charge < -0.3 is 9.53 Å². The summed E-state index contributed by atoms with van der Waals surface area (Å²) >= 11 is 0. The van der Waals surface area contributed by atoms with Crippen molar-refractivity contribution in [3.8, 4) is 0 Å². The minimum absolute atomic E-state index is 0.0219. The van der Waals surface area contributed by atoms with Crippen LogP contribution in [0.5, 0.6) is 0 Å². The van der Waals surface area contributed by atoms with E-state index in [1.807, 2.05) is 0 Å². The average Bonchev–Trinajstić information content (AvgIpc) is 2.46. The lowest BCUT2D eigenvalue weighted by Gasteiger charge is -2.42. The summed E-state index contributed by atoms with van der Waals surface area (Å²) in [7, 11) is -2.01. The first-order valence-corrected chi connectivity index (χ1v) is 11.8. The summed E-state index contributed by atoms with van der Waals surface area (Å²) in [5, 5.41) is 11.2. The molecule has 3 nitrogen and oxygen atoms in total. The van der Waals surface area contributed by atoms with Gasteiger partial charge in [0.05, 0.1) is 0 Å². The summed E-state index contributed by atoms with van der Waals surface area (Å²) in [5.41, 5.74) is -1.13. The fraction of sp³-hybridized carbons (Fsp3) is 0.944. The van der Waals surface area contributed by atoms with Crippen molar-refractivity contribution in [2.45, 2.75) is 96.1 Å². The molecule has 0 aromatic heterocycles. The van der Waals surface area contributed by atoms with E-state index in [1.54, 1.807) is 0 Å². The molecule has 2 saturated carbocycles. The Hall–Kier alpha value is -0.193. The van der Waals surface area contributed by atoms with Gasteiger partial charge in [-0.2, -0.15) is 0 Å². The van der Waals surface area contributed by atoms with E-state index in [-0.39, 0.29) is 16.7 Å². The maximum Gasteiger partial charge on any atom is 0.193 e. The lowest BCUT2D eigenvalue weighted by atomic mass is 9.71.